The van der Waals surface area contributed by atoms with Gasteiger partial charge in [0.2, 0.25) is 0 Å². The summed E-state index contributed by atoms with van der Waals surface area (Å²) >= 11 is 0. The van der Waals surface area contributed by atoms with Crippen molar-refractivity contribution in [2.75, 3.05) is 7.05 Å². The number of hydrogen-bond donors (Lipinski definition) is 1. The van der Waals surface area contributed by atoms with Crippen LogP contribution in [0.4, 0.5) is 26.3 Å². The van der Waals surface area contributed by atoms with Crippen molar-refractivity contribution >= 4 is 0 Å². The summed E-state index contributed by atoms with van der Waals surface area (Å²) in [6.07, 6.45) is -8.30. The Morgan fingerprint density at radius 1 is 1.21 bits per heavy atom. The van der Waals surface area contributed by atoms with Crippen molar-refractivity contribution in [3.63, 3.8) is 0 Å². The Labute approximate surface area is 105 Å². The van der Waals surface area contributed by atoms with Crippen molar-refractivity contribution in [2.24, 2.45) is 5.92 Å². The van der Waals surface area contributed by atoms with Crippen LogP contribution in [0.5, 0.6) is 0 Å². The molecular formula is C10H13F6N3. The van der Waals surface area contributed by atoms with Crippen LogP contribution in [-0.2, 0) is 6.54 Å². The third-order valence-electron chi connectivity index (χ3n) is 2.72. The lowest BCUT2D eigenvalue weighted by Gasteiger charge is -2.30. The van der Waals surface area contributed by atoms with Crippen molar-refractivity contribution in [3.8, 4) is 0 Å². The van der Waals surface area contributed by atoms with Gasteiger partial charge in [0.15, 0.2) is 5.92 Å². The minimum absolute atomic E-state index is 0.232. The smallest absolute Gasteiger partial charge is 0.334 e. The molecule has 9 heteroatoms. The average Bonchev–Trinajstić information content (AvgIpc) is 2.69. The number of nitrogens with one attached hydrogen (secondary N) is 1. The van der Waals surface area contributed by atoms with Crippen molar-refractivity contribution in [1.82, 2.24) is 14.9 Å². The SMILES string of the molecule is CCn1ccnc1C(NC)C(C(F)(F)F)C(F)(F)F. The largest absolute Gasteiger partial charge is 0.402 e. The number of imidazole rings is 1. The van der Waals surface area contributed by atoms with Crippen molar-refractivity contribution in [1.29, 1.82) is 0 Å². The van der Waals surface area contributed by atoms with Gasteiger partial charge in [-0.3, -0.25) is 0 Å². The number of aryl methyl sites for hydroxylation is 1. The fraction of sp³-hybridized carbons (Fsp3) is 0.700. The number of aromatic nitrogens is 2. The first-order chi connectivity index (χ1) is 8.62. The lowest BCUT2D eigenvalue weighted by atomic mass is 9.97. The molecule has 19 heavy (non-hydrogen) atoms. The van der Waals surface area contributed by atoms with E-state index in [1.807, 2.05) is 0 Å². The summed E-state index contributed by atoms with van der Waals surface area (Å²) in [5.41, 5.74) is 0. The highest BCUT2D eigenvalue weighted by atomic mass is 19.4. The molecule has 0 saturated heterocycles. The van der Waals surface area contributed by atoms with Gasteiger partial charge >= 0.3 is 12.4 Å². The van der Waals surface area contributed by atoms with Crippen LogP contribution in [0, 0.1) is 5.92 Å². The van der Waals surface area contributed by atoms with E-state index in [2.05, 4.69) is 10.3 Å². The summed E-state index contributed by atoms with van der Waals surface area (Å²) in [6, 6.07) is -1.98. The maximum absolute atomic E-state index is 12.7. The van der Waals surface area contributed by atoms with Crippen LogP contribution in [0.2, 0.25) is 0 Å². The molecule has 110 valence electrons. The van der Waals surface area contributed by atoms with E-state index in [0.717, 1.165) is 7.05 Å². The van der Waals surface area contributed by atoms with E-state index in [1.54, 1.807) is 6.92 Å². The van der Waals surface area contributed by atoms with E-state index in [9.17, 15) is 26.3 Å². The van der Waals surface area contributed by atoms with Gasteiger partial charge in [0.25, 0.3) is 0 Å². The molecule has 1 aromatic heterocycles. The molecular weight excluding hydrogens is 276 g/mol. The molecule has 1 rings (SSSR count). The molecule has 0 radical (unpaired) electrons. The molecule has 0 aromatic carbocycles. The number of hydrogen-bond acceptors (Lipinski definition) is 2. The maximum atomic E-state index is 12.7. The van der Waals surface area contributed by atoms with E-state index in [1.165, 1.54) is 17.0 Å². The molecule has 0 saturated carbocycles. The number of alkyl halides is 6. The normalized spacial score (nSPS) is 15.0. The average molecular weight is 289 g/mol. The molecule has 3 nitrogen and oxygen atoms in total. The lowest BCUT2D eigenvalue weighted by molar-refractivity contribution is -0.293. The number of halogens is 6. The predicted octanol–water partition coefficient (Wildman–Crippen LogP) is 2.90. The van der Waals surface area contributed by atoms with E-state index < -0.39 is 24.3 Å². The van der Waals surface area contributed by atoms with E-state index in [0.29, 0.717) is 0 Å². The molecule has 0 aliphatic heterocycles. The lowest BCUT2D eigenvalue weighted by Crippen LogP contribution is -2.45. The van der Waals surface area contributed by atoms with E-state index >= 15 is 0 Å². The highest BCUT2D eigenvalue weighted by Crippen LogP contribution is 2.45. The summed E-state index contributed by atoms with van der Waals surface area (Å²) < 4.78 is 77.3. The standard InChI is InChI=1S/C10H13F6N3/c1-3-19-5-4-18-8(19)6(17-2)7(9(11,12)13)10(14,15)16/h4-7,17H,3H2,1-2H3. The van der Waals surface area contributed by atoms with Gasteiger partial charge in [-0.1, -0.05) is 0 Å². The zero-order valence-electron chi connectivity index (χ0n) is 10.2. The summed E-state index contributed by atoms with van der Waals surface area (Å²) in [4.78, 5) is 3.61. The Hall–Kier alpha value is -1.25. The molecule has 1 unspecified atom stereocenters. The van der Waals surface area contributed by atoms with Gasteiger partial charge < -0.3 is 9.88 Å². The zero-order valence-corrected chi connectivity index (χ0v) is 10.2. The Bertz CT molecular complexity index is 394. The summed E-state index contributed by atoms with van der Waals surface area (Å²) in [5.74, 6) is -3.79. The van der Waals surface area contributed by atoms with Crippen molar-refractivity contribution in [2.45, 2.75) is 31.9 Å². The molecule has 1 aromatic rings. The first-order valence-electron chi connectivity index (χ1n) is 5.44. The van der Waals surface area contributed by atoms with Gasteiger partial charge in [-0.15, -0.1) is 0 Å². The van der Waals surface area contributed by atoms with Crippen LogP contribution >= 0.6 is 0 Å². The van der Waals surface area contributed by atoms with Crippen LogP contribution in [0.3, 0.4) is 0 Å². The summed E-state index contributed by atoms with van der Waals surface area (Å²) in [5, 5.41) is 2.07. The Kier molecular flexibility index (Phi) is 4.49. The van der Waals surface area contributed by atoms with Gasteiger partial charge in [-0.05, 0) is 14.0 Å². The fourth-order valence-electron chi connectivity index (χ4n) is 1.88. The van der Waals surface area contributed by atoms with Gasteiger partial charge in [0, 0.05) is 18.9 Å². The second-order valence-corrected chi connectivity index (χ2v) is 3.90. The second kappa shape index (κ2) is 5.40. The highest BCUT2D eigenvalue weighted by molar-refractivity contribution is 5.04. The van der Waals surface area contributed by atoms with Crippen LogP contribution in [0.1, 0.15) is 18.8 Å². The quantitative estimate of drug-likeness (QED) is 0.864. The molecule has 0 aliphatic rings. The summed E-state index contributed by atoms with van der Waals surface area (Å²) in [6.45, 7) is 1.84. The predicted molar refractivity (Wildman–Crippen MR) is 55.3 cm³/mol. The van der Waals surface area contributed by atoms with Crippen molar-refractivity contribution < 1.29 is 26.3 Å². The third-order valence-corrected chi connectivity index (χ3v) is 2.72. The minimum atomic E-state index is -5.41. The van der Waals surface area contributed by atoms with Crippen LogP contribution in [0.15, 0.2) is 12.4 Å². The molecule has 0 amide bonds. The summed E-state index contributed by atoms with van der Waals surface area (Å²) in [7, 11) is 1.05. The maximum Gasteiger partial charge on any atom is 0.402 e. The fourth-order valence-corrected chi connectivity index (χ4v) is 1.88. The van der Waals surface area contributed by atoms with Gasteiger partial charge in [0.1, 0.15) is 5.82 Å². The number of rotatable bonds is 4. The molecule has 0 spiro atoms. The molecule has 0 aliphatic carbocycles. The second-order valence-electron chi connectivity index (χ2n) is 3.90. The first kappa shape index (κ1) is 15.8. The monoisotopic (exact) mass is 289 g/mol. The molecule has 1 N–H and O–H groups in total. The highest BCUT2D eigenvalue weighted by Gasteiger charge is 2.61. The molecule has 1 atom stereocenters. The van der Waals surface area contributed by atoms with E-state index in [-0.39, 0.29) is 12.4 Å². The Morgan fingerprint density at radius 2 is 1.74 bits per heavy atom. The number of nitrogens with zero attached hydrogens (tertiary/aromatic N) is 2. The molecule has 1 heterocycles. The third kappa shape index (κ3) is 3.40. The molecule has 0 fully saturated rings. The van der Waals surface area contributed by atoms with Crippen LogP contribution in [0.25, 0.3) is 0 Å². The van der Waals surface area contributed by atoms with Crippen LogP contribution in [-0.4, -0.2) is 29.0 Å². The topological polar surface area (TPSA) is 29.9 Å². The van der Waals surface area contributed by atoms with E-state index in [4.69, 9.17) is 0 Å². The van der Waals surface area contributed by atoms with Gasteiger partial charge in [-0.25, -0.2) is 4.98 Å². The Balaban J connectivity index is 3.26. The molecule has 0 bridgehead atoms. The Morgan fingerprint density at radius 3 is 2.11 bits per heavy atom. The minimum Gasteiger partial charge on any atom is -0.334 e. The van der Waals surface area contributed by atoms with Gasteiger partial charge in [-0.2, -0.15) is 26.3 Å². The zero-order chi connectivity index (χ0) is 14.8. The van der Waals surface area contributed by atoms with Crippen molar-refractivity contribution in [3.05, 3.63) is 18.2 Å². The first-order valence-corrected chi connectivity index (χ1v) is 5.44. The van der Waals surface area contributed by atoms with Gasteiger partial charge in [0.05, 0.1) is 6.04 Å². The van der Waals surface area contributed by atoms with Crippen LogP contribution < -0.4 is 5.32 Å².